The van der Waals surface area contributed by atoms with E-state index in [2.05, 4.69) is 17.1 Å². The van der Waals surface area contributed by atoms with Gasteiger partial charge in [0.2, 0.25) is 11.8 Å². The lowest BCUT2D eigenvalue weighted by Gasteiger charge is -2.47. The summed E-state index contributed by atoms with van der Waals surface area (Å²) in [6.07, 6.45) is 3.46. The summed E-state index contributed by atoms with van der Waals surface area (Å²) in [4.78, 5) is 32.5. The summed E-state index contributed by atoms with van der Waals surface area (Å²) in [5, 5.41) is 3.42. The second-order valence-corrected chi connectivity index (χ2v) is 9.44. The van der Waals surface area contributed by atoms with Crippen molar-refractivity contribution in [2.45, 2.75) is 59.0 Å². The number of piperidine rings is 1. The van der Waals surface area contributed by atoms with Crippen LogP contribution in [-0.2, 0) is 9.59 Å². The molecule has 3 heterocycles. The van der Waals surface area contributed by atoms with E-state index in [1.54, 1.807) is 0 Å². The maximum Gasteiger partial charge on any atom is 0.230 e. The van der Waals surface area contributed by atoms with Gasteiger partial charge in [-0.3, -0.25) is 14.5 Å². The van der Waals surface area contributed by atoms with Crippen molar-refractivity contribution in [2.24, 2.45) is 10.8 Å². The van der Waals surface area contributed by atoms with Crippen molar-refractivity contribution in [2.75, 3.05) is 46.3 Å². The smallest absolute Gasteiger partial charge is 0.230 e. The minimum absolute atomic E-state index is 0.157. The average Bonchev–Trinajstić information content (AvgIpc) is 2.84. The Balaban J connectivity index is 1.77. The summed E-state index contributed by atoms with van der Waals surface area (Å²) in [5.74, 6) is 0.496. The van der Waals surface area contributed by atoms with Gasteiger partial charge >= 0.3 is 0 Å². The van der Waals surface area contributed by atoms with E-state index in [-0.39, 0.29) is 22.4 Å². The lowest BCUT2D eigenvalue weighted by Crippen LogP contribution is -2.61. The molecule has 0 bridgehead atoms. The van der Waals surface area contributed by atoms with E-state index in [0.717, 1.165) is 51.9 Å². The molecule has 0 aromatic rings. The van der Waals surface area contributed by atoms with Crippen LogP contribution in [0.4, 0.5) is 0 Å². The van der Waals surface area contributed by atoms with Gasteiger partial charge in [-0.15, -0.1) is 0 Å². The molecule has 1 spiro atoms. The van der Waals surface area contributed by atoms with Gasteiger partial charge in [-0.1, -0.05) is 27.7 Å². The fourth-order valence-corrected chi connectivity index (χ4v) is 5.27. The van der Waals surface area contributed by atoms with E-state index in [1.165, 1.54) is 0 Å². The zero-order chi connectivity index (χ0) is 19.2. The van der Waals surface area contributed by atoms with E-state index in [1.807, 2.05) is 37.6 Å². The third-order valence-electron chi connectivity index (χ3n) is 6.93. The quantitative estimate of drug-likeness (QED) is 0.807. The zero-order valence-corrected chi connectivity index (χ0v) is 17.2. The summed E-state index contributed by atoms with van der Waals surface area (Å²) >= 11 is 0. The number of piperazine rings is 1. The number of hydrogen-bond donors (Lipinski definition) is 1. The van der Waals surface area contributed by atoms with Gasteiger partial charge in [0.1, 0.15) is 0 Å². The Morgan fingerprint density at radius 3 is 2.19 bits per heavy atom. The number of carbonyl (C=O) groups excluding carboxylic acids is 2. The van der Waals surface area contributed by atoms with Crippen LogP contribution < -0.4 is 5.32 Å². The Kier molecular flexibility index (Phi) is 5.12. The SMILES string of the molecule is CCC1(N2CCNCC2)CC2(CCN(C(=O)C(C)(C)C)CC2)C(=O)N1C. The largest absolute Gasteiger partial charge is 0.342 e. The Bertz CT molecular complexity index is 557. The number of nitrogens with one attached hydrogen (secondary N) is 1. The van der Waals surface area contributed by atoms with Crippen LogP contribution in [0.3, 0.4) is 0 Å². The van der Waals surface area contributed by atoms with Crippen LogP contribution in [0, 0.1) is 10.8 Å². The molecule has 1 unspecified atom stereocenters. The van der Waals surface area contributed by atoms with Gasteiger partial charge in [-0.2, -0.15) is 0 Å². The Labute approximate surface area is 158 Å². The minimum Gasteiger partial charge on any atom is -0.342 e. The first kappa shape index (κ1) is 19.6. The van der Waals surface area contributed by atoms with Gasteiger partial charge in [-0.25, -0.2) is 0 Å². The minimum atomic E-state index is -0.352. The maximum absolute atomic E-state index is 13.4. The van der Waals surface area contributed by atoms with Crippen molar-refractivity contribution in [1.82, 2.24) is 20.0 Å². The molecule has 0 aromatic carbocycles. The van der Waals surface area contributed by atoms with E-state index in [0.29, 0.717) is 19.0 Å². The predicted molar refractivity (Wildman–Crippen MR) is 103 cm³/mol. The van der Waals surface area contributed by atoms with Crippen LogP contribution >= 0.6 is 0 Å². The van der Waals surface area contributed by atoms with Crippen LogP contribution in [0.5, 0.6) is 0 Å². The number of hydrogen-bond acceptors (Lipinski definition) is 4. The molecule has 3 aliphatic rings. The lowest BCUT2D eigenvalue weighted by molar-refractivity contribution is -0.147. The van der Waals surface area contributed by atoms with E-state index < -0.39 is 0 Å². The zero-order valence-electron chi connectivity index (χ0n) is 17.2. The molecule has 0 aliphatic carbocycles. The fourth-order valence-electron chi connectivity index (χ4n) is 5.27. The van der Waals surface area contributed by atoms with Crippen LogP contribution in [-0.4, -0.2) is 78.5 Å². The molecule has 3 aliphatic heterocycles. The Hall–Kier alpha value is -1.14. The summed E-state index contributed by atoms with van der Waals surface area (Å²) in [5.41, 5.74) is -0.797. The molecule has 6 heteroatoms. The second-order valence-electron chi connectivity index (χ2n) is 9.44. The first-order chi connectivity index (χ1) is 12.2. The second kappa shape index (κ2) is 6.79. The third kappa shape index (κ3) is 3.05. The standard InChI is InChI=1S/C20H36N4O2/c1-6-20(24-13-9-21-10-14-24)15-19(17(26)22(20)5)7-11-23(12-8-19)16(25)18(2,3)4/h21H,6-15H2,1-5H3. The summed E-state index contributed by atoms with van der Waals surface area (Å²) in [6.45, 7) is 13.5. The third-order valence-corrected chi connectivity index (χ3v) is 6.93. The van der Waals surface area contributed by atoms with Crippen molar-refractivity contribution >= 4 is 11.8 Å². The topological polar surface area (TPSA) is 55.9 Å². The number of rotatable bonds is 2. The highest BCUT2D eigenvalue weighted by molar-refractivity contribution is 5.87. The molecular weight excluding hydrogens is 328 g/mol. The summed E-state index contributed by atoms with van der Waals surface area (Å²) < 4.78 is 0. The van der Waals surface area contributed by atoms with Gasteiger partial charge < -0.3 is 15.1 Å². The van der Waals surface area contributed by atoms with Crippen LogP contribution in [0.25, 0.3) is 0 Å². The molecule has 3 fully saturated rings. The van der Waals surface area contributed by atoms with Crippen molar-refractivity contribution in [1.29, 1.82) is 0 Å². The molecule has 1 atom stereocenters. The molecule has 3 saturated heterocycles. The molecule has 0 radical (unpaired) electrons. The molecule has 2 amide bonds. The van der Waals surface area contributed by atoms with Crippen molar-refractivity contribution in [3.63, 3.8) is 0 Å². The molecule has 1 N–H and O–H groups in total. The summed E-state index contributed by atoms with van der Waals surface area (Å²) in [6, 6.07) is 0. The van der Waals surface area contributed by atoms with Crippen LogP contribution in [0.2, 0.25) is 0 Å². The maximum atomic E-state index is 13.4. The first-order valence-electron chi connectivity index (χ1n) is 10.2. The summed E-state index contributed by atoms with van der Waals surface area (Å²) in [7, 11) is 2.00. The number of amides is 2. The van der Waals surface area contributed by atoms with Gasteiger partial charge in [0.25, 0.3) is 0 Å². The molecule has 0 aromatic heterocycles. The molecule has 3 rings (SSSR count). The van der Waals surface area contributed by atoms with E-state index in [4.69, 9.17) is 0 Å². The van der Waals surface area contributed by atoms with Gasteiger partial charge in [0.15, 0.2) is 0 Å². The van der Waals surface area contributed by atoms with Gasteiger partial charge in [0, 0.05) is 51.7 Å². The van der Waals surface area contributed by atoms with Crippen molar-refractivity contribution in [3.05, 3.63) is 0 Å². The monoisotopic (exact) mass is 364 g/mol. The number of likely N-dealkylation sites (tertiary alicyclic amines) is 2. The fraction of sp³-hybridized carbons (Fsp3) is 0.900. The molecule has 0 saturated carbocycles. The molecule has 26 heavy (non-hydrogen) atoms. The van der Waals surface area contributed by atoms with Crippen molar-refractivity contribution in [3.8, 4) is 0 Å². The average molecular weight is 365 g/mol. The van der Waals surface area contributed by atoms with Crippen molar-refractivity contribution < 1.29 is 9.59 Å². The highest BCUT2D eigenvalue weighted by Gasteiger charge is 2.60. The first-order valence-corrected chi connectivity index (χ1v) is 10.2. The normalized spacial score (nSPS) is 30.3. The van der Waals surface area contributed by atoms with Crippen LogP contribution in [0.15, 0.2) is 0 Å². The number of carbonyl (C=O) groups is 2. The molecule has 148 valence electrons. The molecule has 6 nitrogen and oxygen atoms in total. The Morgan fingerprint density at radius 2 is 1.69 bits per heavy atom. The van der Waals surface area contributed by atoms with Gasteiger partial charge in [-0.05, 0) is 25.7 Å². The highest BCUT2D eigenvalue weighted by Crippen LogP contribution is 2.51. The number of nitrogens with zero attached hydrogens (tertiary/aromatic N) is 3. The van der Waals surface area contributed by atoms with E-state index in [9.17, 15) is 9.59 Å². The highest BCUT2D eigenvalue weighted by atomic mass is 16.2. The van der Waals surface area contributed by atoms with Crippen LogP contribution in [0.1, 0.15) is 53.4 Å². The predicted octanol–water partition coefficient (Wildman–Crippen LogP) is 1.51. The Morgan fingerprint density at radius 1 is 1.12 bits per heavy atom. The lowest BCUT2D eigenvalue weighted by atomic mass is 9.73. The van der Waals surface area contributed by atoms with Gasteiger partial charge in [0.05, 0.1) is 11.1 Å². The molecular formula is C20H36N4O2. The van der Waals surface area contributed by atoms with E-state index >= 15 is 0 Å².